The van der Waals surface area contributed by atoms with Gasteiger partial charge < -0.3 is 18.9 Å². The second-order valence-corrected chi connectivity index (χ2v) is 7.75. The SMILES string of the molecule is CC(=O)O[C@H]1[C@H](C)[C@@H]2O[C@](NC(=O)OC(C)(C)C)([C@H]1C)[C@H]1O[C@@H]21. The first kappa shape index (κ1) is 16.5. The zero-order valence-corrected chi connectivity index (χ0v) is 14.4. The predicted octanol–water partition coefficient (Wildman–Crippen LogP) is 1.59. The second kappa shape index (κ2) is 5.08. The van der Waals surface area contributed by atoms with Crippen molar-refractivity contribution in [1.29, 1.82) is 0 Å². The predicted molar refractivity (Wildman–Crippen MR) is 79.5 cm³/mol. The Morgan fingerprint density at radius 2 is 1.83 bits per heavy atom. The smallest absolute Gasteiger partial charge is 0.409 e. The summed E-state index contributed by atoms with van der Waals surface area (Å²) in [7, 11) is 0. The summed E-state index contributed by atoms with van der Waals surface area (Å²) in [6.45, 7) is 10.7. The van der Waals surface area contributed by atoms with Crippen LogP contribution in [-0.4, -0.2) is 47.8 Å². The third-order valence-electron chi connectivity index (χ3n) is 4.81. The van der Waals surface area contributed by atoms with Gasteiger partial charge in [0.2, 0.25) is 0 Å². The first-order chi connectivity index (χ1) is 10.5. The summed E-state index contributed by atoms with van der Waals surface area (Å²) in [5.41, 5.74) is -1.62. The van der Waals surface area contributed by atoms with E-state index in [1.165, 1.54) is 6.92 Å². The average molecular weight is 327 g/mol. The molecule has 1 N–H and O–H groups in total. The summed E-state index contributed by atoms with van der Waals surface area (Å²) < 4.78 is 22.7. The van der Waals surface area contributed by atoms with Crippen LogP contribution in [0.3, 0.4) is 0 Å². The molecule has 7 nitrogen and oxygen atoms in total. The Labute approximate surface area is 136 Å². The molecule has 0 aromatic carbocycles. The molecule has 0 aromatic rings. The maximum atomic E-state index is 12.3. The fourth-order valence-corrected chi connectivity index (χ4v) is 3.82. The van der Waals surface area contributed by atoms with Crippen LogP contribution in [0.25, 0.3) is 0 Å². The molecular weight excluding hydrogens is 302 g/mol. The molecule has 3 aliphatic heterocycles. The summed E-state index contributed by atoms with van der Waals surface area (Å²) in [6, 6.07) is 0. The fraction of sp³-hybridized carbons (Fsp3) is 0.875. The third kappa shape index (κ3) is 2.70. The zero-order chi connectivity index (χ0) is 17.2. The number of carbonyl (C=O) groups excluding carboxylic acids is 2. The Hall–Kier alpha value is -1.34. The van der Waals surface area contributed by atoms with E-state index in [9.17, 15) is 9.59 Å². The van der Waals surface area contributed by atoms with Gasteiger partial charge in [-0.3, -0.25) is 10.1 Å². The lowest BCUT2D eigenvalue weighted by molar-refractivity contribution is -0.238. The van der Waals surface area contributed by atoms with Gasteiger partial charge in [0.25, 0.3) is 0 Å². The molecule has 23 heavy (non-hydrogen) atoms. The van der Waals surface area contributed by atoms with Crippen molar-refractivity contribution < 1.29 is 28.5 Å². The van der Waals surface area contributed by atoms with Crippen LogP contribution in [0.1, 0.15) is 41.5 Å². The van der Waals surface area contributed by atoms with Gasteiger partial charge in [0.1, 0.15) is 23.9 Å². The number of rotatable bonds is 2. The molecule has 3 fully saturated rings. The second-order valence-electron chi connectivity index (χ2n) is 7.75. The molecule has 0 aromatic heterocycles. The highest BCUT2D eigenvalue weighted by atomic mass is 16.7. The third-order valence-corrected chi connectivity index (χ3v) is 4.81. The van der Waals surface area contributed by atoms with Gasteiger partial charge >= 0.3 is 12.1 Å². The first-order valence-corrected chi connectivity index (χ1v) is 8.07. The maximum absolute atomic E-state index is 12.3. The molecule has 3 heterocycles. The number of amides is 1. The van der Waals surface area contributed by atoms with Crippen LogP contribution < -0.4 is 5.32 Å². The number of epoxide rings is 1. The average Bonchev–Trinajstić information content (AvgIpc) is 3.11. The van der Waals surface area contributed by atoms with E-state index in [-0.39, 0.29) is 42.2 Å². The minimum Gasteiger partial charge on any atom is -0.462 e. The fourth-order valence-electron chi connectivity index (χ4n) is 3.82. The highest BCUT2D eigenvalue weighted by Gasteiger charge is 2.75. The Kier molecular flexibility index (Phi) is 3.65. The Morgan fingerprint density at radius 1 is 1.17 bits per heavy atom. The molecule has 7 heteroatoms. The number of fused-ring (bicyclic) bond motifs is 5. The molecule has 1 amide bonds. The van der Waals surface area contributed by atoms with E-state index < -0.39 is 17.4 Å². The molecule has 0 spiro atoms. The number of carbonyl (C=O) groups is 2. The molecule has 0 saturated carbocycles. The maximum Gasteiger partial charge on any atom is 0.409 e. The van der Waals surface area contributed by atoms with Crippen molar-refractivity contribution in [3.8, 4) is 0 Å². The van der Waals surface area contributed by atoms with Crippen molar-refractivity contribution in [2.75, 3.05) is 0 Å². The summed E-state index contributed by atoms with van der Waals surface area (Å²) in [5.74, 6) is -0.584. The van der Waals surface area contributed by atoms with Gasteiger partial charge in [-0.15, -0.1) is 0 Å². The lowest BCUT2D eigenvalue weighted by atomic mass is 9.82. The van der Waals surface area contributed by atoms with Gasteiger partial charge in [-0.1, -0.05) is 13.8 Å². The molecule has 0 aliphatic carbocycles. The van der Waals surface area contributed by atoms with Crippen molar-refractivity contribution in [3.05, 3.63) is 0 Å². The van der Waals surface area contributed by atoms with Crippen LogP contribution in [0.15, 0.2) is 0 Å². The van der Waals surface area contributed by atoms with Gasteiger partial charge in [-0.05, 0) is 20.8 Å². The van der Waals surface area contributed by atoms with Crippen molar-refractivity contribution >= 4 is 12.1 Å². The molecule has 0 radical (unpaired) electrons. The largest absolute Gasteiger partial charge is 0.462 e. The molecule has 3 rings (SSSR count). The van der Waals surface area contributed by atoms with Gasteiger partial charge in [0.05, 0.1) is 6.10 Å². The molecule has 130 valence electrons. The summed E-state index contributed by atoms with van der Waals surface area (Å²) >= 11 is 0. The number of hydrogen-bond donors (Lipinski definition) is 1. The number of ether oxygens (including phenoxy) is 4. The van der Waals surface area contributed by atoms with Crippen molar-refractivity contribution in [3.63, 3.8) is 0 Å². The van der Waals surface area contributed by atoms with Gasteiger partial charge in [0, 0.05) is 18.8 Å². The van der Waals surface area contributed by atoms with Crippen LogP contribution >= 0.6 is 0 Å². The van der Waals surface area contributed by atoms with E-state index in [2.05, 4.69) is 5.32 Å². The van der Waals surface area contributed by atoms with Crippen LogP contribution in [0.4, 0.5) is 4.79 Å². The van der Waals surface area contributed by atoms with Gasteiger partial charge in [-0.25, -0.2) is 4.79 Å². The quantitative estimate of drug-likeness (QED) is 0.612. The Morgan fingerprint density at radius 3 is 2.39 bits per heavy atom. The molecule has 2 bridgehead atoms. The molecule has 3 saturated heterocycles. The van der Waals surface area contributed by atoms with E-state index in [1.54, 1.807) is 20.8 Å². The topological polar surface area (TPSA) is 86.4 Å². The Balaban J connectivity index is 1.82. The number of nitrogens with one attached hydrogen (secondary N) is 1. The van der Waals surface area contributed by atoms with Crippen LogP contribution in [-0.2, 0) is 23.7 Å². The molecule has 0 unspecified atom stereocenters. The van der Waals surface area contributed by atoms with Gasteiger partial charge in [-0.2, -0.15) is 0 Å². The molecule has 3 aliphatic rings. The van der Waals surface area contributed by atoms with E-state index >= 15 is 0 Å². The highest BCUT2D eigenvalue weighted by molar-refractivity contribution is 5.69. The molecular formula is C16H25NO6. The number of alkyl carbamates (subject to hydrolysis) is 1. The normalized spacial score (nSPS) is 44.3. The van der Waals surface area contributed by atoms with E-state index in [0.717, 1.165) is 0 Å². The lowest BCUT2D eigenvalue weighted by Crippen LogP contribution is -2.65. The Bertz CT molecular complexity index is 529. The lowest BCUT2D eigenvalue weighted by Gasteiger charge is -2.47. The zero-order valence-electron chi connectivity index (χ0n) is 14.4. The highest BCUT2D eigenvalue weighted by Crippen LogP contribution is 2.56. The summed E-state index contributed by atoms with van der Waals surface area (Å²) in [6.07, 6.45) is -1.38. The van der Waals surface area contributed by atoms with Crippen LogP contribution in [0, 0.1) is 11.8 Å². The summed E-state index contributed by atoms with van der Waals surface area (Å²) in [4.78, 5) is 23.7. The first-order valence-electron chi connectivity index (χ1n) is 8.07. The van der Waals surface area contributed by atoms with Gasteiger partial charge in [0.15, 0.2) is 5.72 Å². The molecule has 7 atom stereocenters. The minimum absolute atomic E-state index is 0.0000356. The monoisotopic (exact) mass is 327 g/mol. The van der Waals surface area contributed by atoms with Crippen molar-refractivity contribution in [2.24, 2.45) is 11.8 Å². The summed E-state index contributed by atoms with van der Waals surface area (Å²) in [5, 5.41) is 2.85. The van der Waals surface area contributed by atoms with Crippen LogP contribution in [0.5, 0.6) is 0 Å². The van der Waals surface area contributed by atoms with Crippen molar-refractivity contribution in [2.45, 2.75) is 77.3 Å². The van der Waals surface area contributed by atoms with E-state index in [1.807, 2.05) is 13.8 Å². The van der Waals surface area contributed by atoms with Crippen LogP contribution in [0.2, 0.25) is 0 Å². The standard InChI is InChI=1S/C16H25NO6/c1-7-10(20-9(3)18)8(2)16(13-12(21-13)11(7)22-16)17-14(19)23-15(4,5)6/h7-8,10-13H,1-6H3,(H,17,19)/t7-,8-,10-,11-,12-,13-,16+/m0/s1. The number of esters is 1. The van der Waals surface area contributed by atoms with E-state index in [0.29, 0.717) is 0 Å². The van der Waals surface area contributed by atoms with E-state index in [4.69, 9.17) is 18.9 Å². The van der Waals surface area contributed by atoms with Crippen molar-refractivity contribution in [1.82, 2.24) is 5.32 Å². The number of hydrogen-bond acceptors (Lipinski definition) is 6. The minimum atomic E-state index is -1.01.